The van der Waals surface area contributed by atoms with Crippen LogP contribution in [0.2, 0.25) is 5.02 Å². The number of hydrogen-bond acceptors (Lipinski definition) is 4. The second-order valence-corrected chi connectivity index (χ2v) is 7.49. The Bertz CT molecular complexity index is 1000. The molecule has 3 heterocycles. The van der Waals surface area contributed by atoms with Crippen LogP contribution in [-0.4, -0.2) is 63.7 Å². The van der Waals surface area contributed by atoms with Gasteiger partial charge in [0, 0.05) is 32.4 Å². The Morgan fingerprint density at radius 3 is 2.41 bits per heavy atom. The third-order valence-electron chi connectivity index (χ3n) is 5.11. The summed E-state index contributed by atoms with van der Waals surface area (Å²) in [6.07, 6.45) is 1.58. The second kappa shape index (κ2) is 6.94. The maximum Gasteiger partial charge on any atom is 0.257 e. The van der Waals surface area contributed by atoms with Crippen LogP contribution >= 0.6 is 11.6 Å². The highest BCUT2D eigenvalue weighted by Gasteiger charge is 2.25. The number of nitrogens with zero attached hydrogens (tertiary/aromatic N) is 5. The number of rotatable bonds is 2. The number of pyridine rings is 1. The number of aryl methyl sites for hydroxylation is 2. The van der Waals surface area contributed by atoms with E-state index in [-0.39, 0.29) is 5.91 Å². The van der Waals surface area contributed by atoms with Crippen molar-refractivity contribution >= 4 is 28.5 Å². The van der Waals surface area contributed by atoms with Crippen LogP contribution in [0.15, 0.2) is 30.5 Å². The van der Waals surface area contributed by atoms with Crippen molar-refractivity contribution in [3.05, 3.63) is 52.3 Å². The summed E-state index contributed by atoms with van der Waals surface area (Å²) < 4.78 is 1.78. The molecule has 4 rings (SSSR count). The van der Waals surface area contributed by atoms with Crippen molar-refractivity contribution in [2.75, 3.05) is 33.2 Å². The van der Waals surface area contributed by atoms with E-state index in [1.54, 1.807) is 10.9 Å². The lowest BCUT2D eigenvalue weighted by Gasteiger charge is -2.32. The Morgan fingerprint density at radius 2 is 1.74 bits per heavy atom. The van der Waals surface area contributed by atoms with Gasteiger partial charge in [-0.15, -0.1) is 0 Å². The summed E-state index contributed by atoms with van der Waals surface area (Å²) >= 11 is 6.66. The lowest BCUT2D eigenvalue weighted by molar-refractivity contribution is 0.0664. The molecule has 1 saturated heterocycles. The second-order valence-electron chi connectivity index (χ2n) is 7.11. The van der Waals surface area contributed by atoms with E-state index < -0.39 is 0 Å². The molecule has 0 unspecified atom stereocenters. The van der Waals surface area contributed by atoms with Crippen LogP contribution in [0.25, 0.3) is 16.7 Å². The van der Waals surface area contributed by atoms with Gasteiger partial charge in [0.05, 0.1) is 27.4 Å². The van der Waals surface area contributed by atoms with Gasteiger partial charge in [-0.2, -0.15) is 5.10 Å². The van der Waals surface area contributed by atoms with Crippen LogP contribution in [0, 0.1) is 13.8 Å². The molecule has 3 aromatic rings. The van der Waals surface area contributed by atoms with E-state index in [1.807, 2.05) is 43.0 Å². The Kier molecular flexibility index (Phi) is 4.61. The number of piperazine rings is 1. The minimum Gasteiger partial charge on any atom is -0.336 e. The van der Waals surface area contributed by atoms with Gasteiger partial charge >= 0.3 is 0 Å². The van der Waals surface area contributed by atoms with Crippen LogP contribution in [0.4, 0.5) is 0 Å². The van der Waals surface area contributed by atoms with Gasteiger partial charge in [-0.05, 0) is 33.0 Å². The minimum absolute atomic E-state index is 0.0648. The van der Waals surface area contributed by atoms with Crippen molar-refractivity contribution < 1.29 is 4.79 Å². The molecule has 1 amide bonds. The molecule has 0 spiro atoms. The third-order valence-corrected chi connectivity index (χ3v) is 5.50. The van der Waals surface area contributed by atoms with Crippen LogP contribution < -0.4 is 0 Å². The number of carbonyl (C=O) groups excluding carboxylic acids is 1. The molecule has 0 bridgehead atoms. The zero-order valence-corrected chi connectivity index (χ0v) is 16.5. The SMILES string of the molecule is Cc1ccc(-n2nc(C)c3c(Cl)c(C(=O)N4CCN(C)CC4)cnc32)cc1. The summed E-state index contributed by atoms with van der Waals surface area (Å²) in [6.45, 7) is 7.07. The average molecular weight is 384 g/mol. The maximum absolute atomic E-state index is 13.0. The molecule has 0 radical (unpaired) electrons. The minimum atomic E-state index is -0.0648. The predicted octanol–water partition coefficient (Wildman–Crippen LogP) is 3.08. The fraction of sp³-hybridized carbons (Fsp3) is 0.350. The van der Waals surface area contributed by atoms with E-state index in [1.165, 1.54) is 5.56 Å². The van der Waals surface area contributed by atoms with Gasteiger partial charge in [0.25, 0.3) is 5.91 Å². The molecule has 27 heavy (non-hydrogen) atoms. The maximum atomic E-state index is 13.0. The van der Waals surface area contributed by atoms with E-state index in [4.69, 9.17) is 11.6 Å². The first-order valence-corrected chi connectivity index (χ1v) is 9.42. The first kappa shape index (κ1) is 17.9. The summed E-state index contributed by atoms with van der Waals surface area (Å²) in [7, 11) is 2.06. The molecule has 1 fully saturated rings. The van der Waals surface area contributed by atoms with Gasteiger partial charge in [0.1, 0.15) is 0 Å². The zero-order valence-electron chi connectivity index (χ0n) is 15.7. The van der Waals surface area contributed by atoms with E-state index in [2.05, 4.69) is 22.0 Å². The van der Waals surface area contributed by atoms with Gasteiger partial charge in [0.2, 0.25) is 0 Å². The Labute approximate surface area is 163 Å². The highest BCUT2D eigenvalue weighted by molar-refractivity contribution is 6.38. The first-order chi connectivity index (χ1) is 13.0. The molecule has 0 aliphatic carbocycles. The molecule has 0 atom stereocenters. The number of carbonyl (C=O) groups is 1. The standard InChI is InChI=1S/C20H22ClN5O/c1-13-4-6-15(7-5-13)26-19-17(14(2)23-26)18(21)16(12-22-19)20(27)25-10-8-24(3)9-11-25/h4-7,12H,8-11H2,1-3H3. The molecule has 7 heteroatoms. The van der Waals surface area contributed by atoms with E-state index >= 15 is 0 Å². The summed E-state index contributed by atoms with van der Waals surface area (Å²) in [5.41, 5.74) is 3.96. The highest BCUT2D eigenvalue weighted by Crippen LogP contribution is 2.30. The molecule has 1 aromatic carbocycles. The molecule has 1 aliphatic heterocycles. The highest BCUT2D eigenvalue weighted by atomic mass is 35.5. The number of halogens is 1. The van der Waals surface area contributed by atoms with Crippen LogP contribution in [0.5, 0.6) is 0 Å². The largest absolute Gasteiger partial charge is 0.336 e. The normalized spacial score (nSPS) is 15.5. The number of benzene rings is 1. The number of likely N-dealkylation sites (N-methyl/N-ethyl adjacent to an activating group) is 1. The first-order valence-electron chi connectivity index (χ1n) is 9.04. The van der Waals surface area contributed by atoms with Gasteiger partial charge in [-0.1, -0.05) is 29.3 Å². The zero-order chi connectivity index (χ0) is 19.1. The van der Waals surface area contributed by atoms with Crippen LogP contribution in [-0.2, 0) is 0 Å². The molecule has 0 saturated carbocycles. The number of aromatic nitrogens is 3. The summed E-state index contributed by atoms with van der Waals surface area (Å²) in [6, 6.07) is 8.07. The van der Waals surface area contributed by atoms with Crippen molar-refractivity contribution in [1.29, 1.82) is 0 Å². The molecular weight excluding hydrogens is 362 g/mol. The average Bonchev–Trinajstić information content (AvgIpc) is 3.00. The molecule has 6 nitrogen and oxygen atoms in total. The third kappa shape index (κ3) is 3.19. The Balaban J connectivity index is 1.75. The van der Waals surface area contributed by atoms with Gasteiger partial charge < -0.3 is 9.80 Å². The fourth-order valence-corrected chi connectivity index (χ4v) is 3.75. The fourth-order valence-electron chi connectivity index (χ4n) is 3.40. The quantitative estimate of drug-likeness (QED) is 0.682. The van der Waals surface area contributed by atoms with Crippen molar-refractivity contribution in [2.45, 2.75) is 13.8 Å². The Hall–Kier alpha value is -2.44. The van der Waals surface area contributed by atoms with Crippen molar-refractivity contribution in [3.8, 4) is 5.69 Å². The van der Waals surface area contributed by atoms with Gasteiger partial charge in [0.15, 0.2) is 5.65 Å². The van der Waals surface area contributed by atoms with E-state index in [0.29, 0.717) is 29.3 Å². The Morgan fingerprint density at radius 1 is 1.07 bits per heavy atom. The predicted molar refractivity (Wildman–Crippen MR) is 107 cm³/mol. The molecular formula is C20H22ClN5O. The van der Waals surface area contributed by atoms with Crippen molar-refractivity contribution in [1.82, 2.24) is 24.6 Å². The number of hydrogen-bond donors (Lipinski definition) is 0. The number of amides is 1. The monoisotopic (exact) mass is 383 g/mol. The van der Waals surface area contributed by atoms with Gasteiger partial charge in [-0.3, -0.25) is 4.79 Å². The molecule has 140 valence electrons. The van der Waals surface area contributed by atoms with Gasteiger partial charge in [-0.25, -0.2) is 9.67 Å². The van der Waals surface area contributed by atoms with E-state index in [0.717, 1.165) is 29.9 Å². The lowest BCUT2D eigenvalue weighted by Crippen LogP contribution is -2.47. The summed E-state index contributed by atoms with van der Waals surface area (Å²) in [5, 5.41) is 5.78. The van der Waals surface area contributed by atoms with Crippen molar-refractivity contribution in [3.63, 3.8) is 0 Å². The topological polar surface area (TPSA) is 54.3 Å². The summed E-state index contributed by atoms with van der Waals surface area (Å²) in [4.78, 5) is 21.6. The van der Waals surface area contributed by atoms with Crippen LogP contribution in [0.1, 0.15) is 21.6 Å². The molecule has 0 N–H and O–H groups in total. The lowest BCUT2D eigenvalue weighted by atomic mass is 10.1. The number of fused-ring (bicyclic) bond motifs is 1. The molecule has 2 aromatic heterocycles. The smallest absolute Gasteiger partial charge is 0.257 e. The van der Waals surface area contributed by atoms with Crippen molar-refractivity contribution in [2.24, 2.45) is 0 Å². The molecule has 1 aliphatic rings. The summed E-state index contributed by atoms with van der Waals surface area (Å²) in [5.74, 6) is -0.0648. The van der Waals surface area contributed by atoms with E-state index in [9.17, 15) is 4.79 Å². The van der Waals surface area contributed by atoms with Crippen LogP contribution in [0.3, 0.4) is 0 Å².